The number of H-pyrrole nitrogens is 1. The molecule has 36 heavy (non-hydrogen) atoms. The molecule has 190 valence electrons. The molecule has 0 spiro atoms. The number of halogens is 1. The number of hydrogen-bond donors (Lipinski definition) is 3. The van der Waals surface area contributed by atoms with Crippen LogP contribution in [0.2, 0.25) is 5.02 Å². The maximum absolute atomic E-state index is 13.1. The summed E-state index contributed by atoms with van der Waals surface area (Å²) in [5, 5.41) is 27.0. The molecule has 2 aromatic carbocycles. The number of carbonyl (C=O) groups excluding carboxylic acids is 1. The number of benzene rings is 2. The Morgan fingerprint density at radius 2 is 1.78 bits per heavy atom. The minimum atomic E-state index is -1.06. The van der Waals surface area contributed by atoms with E-state index >= 15 is 0 Å². The van der Waals surface area contributed by atoms with Crippen LogP contribution in [-0.2, 0) is 6.54 Å². The average molecular weight is 514 g/mol. The van der Waals surface area contributed by atoms with Gasteiger partial charge in [0.2, 0.25) is 0 Å². The maximum Gasteiger partial charge on any atom is 0.385 e. The first kappa shape index (κ1) is 25.8. The second-order valence-corrected chi connectivity index (χ2v) is 9.66. The van der Waals surface area contributed by atoms with Crippen molar-refractivity contribution in [1.82, 2.24) is 14.6 Å². The van der Waals surface area contributed by atoms with Gasteiger partial charge in [-0.2, -0.15) is 0 Å². The lowest BCUT2D eigenvalue weighted by atomic mass is 9.94. The van der Waals surface area contributed by atoms with Crippen molar-refractivity contribution in [2.24, 2.45) is 0 Å². The molecule has 1 aliphatic carbocycles. The zero-order valence-corrected chi connectivity index (χ0v) is 20.6. The number of rotatable bonds is 7. The molecule has 9 nitrogen and oxygen atoms in total. The Morgan fingerprint density at radius 1 is 1.08 bits per heavy atom. The quantitative estimate of drug-likeness (QED) is 0.416. The molecule has 1 saturated carbocycles. The van der Waals surface area contributed by atoms with Gasteiger partial charge in [-0.25, -0.2) is 9.36 Å². The smallest absolute Gasteiger partial charge is 0.385 e. The molecule has 0 aliphatic heterocycles. The molecule has 0 unspecified atom stereocenters. The number of aromatic nitrogens is 3. The van der Waals surface area contributed by atoms with Gasteiger partial charge in [0, 0.05) is 6.54 Å². The van der Waals surface area contributed by atoms with E-state index in [1.54, 1.807) is 30.3 Å². The van der Waals surface area contributed by atoms with Crippen molar-refractivity contribution >= 4 is 17.5 Å². The number of aromatic amines is 1. The molecule has 1 heterocycles. The van der Waals surface area contributed by atoms with Crippen molar-refractivity contribution in [3.63, 3.8) is 0 Å². The molecule has 0 saturated heterocycles. The van der Waals surface area contributed by atoms with E-state index in [-0.39, 0.29) is 29.4 Å². The Morgan fingerprint density at radius 3 is 2.47 bits per heavy atom. The minimum Gasteiger partial charge on any atom is -0.388 e. The van der Waals surface area contributed by atoms with Gasteiger partial charge >= 0.3 is 11.2 Å². The summed E-state index contributed by atoms with van der Waals surface area (Å²) in [6, 6.07) is 13.2. The molecule has 0 radical (unpaired) electrons. The summed E-state index contributed by atoms with van der Waals surface area (Å²) in [4.78, 5) is 38.5. The fourth-order valence-electron chi connectivity index (χ4n) is 4.50. The van der Waals surface area contributed by atoms with Crippen molar-refractivity contribution in [3.05, 3.63) is 91.7 Å². The van der Waals surface area contributed by atoms with Crippen LogP contribution < -0.4 is 21.7 Å². The normalized spacial score (nSPS) is 16.2. The molecular weight excluding hydrogens is 484 g/mol. The van der Waals surface area contributed by atoms with Crippen molar-refractivity contribution < 1.29 is 20.1 Å². The highest BCUT2D eigenvalue weighted by Gasteiger charge is 2.29. The maximum atomic E-state index is 13.1. The van der Waals surface area contributed by atoms with E-state index in [9.17, 15) is 24.6 Å². The lowest BCUT2D eigenvalue weighted by Crippen LogP contribution is -2.48. The molecular formula is C26H30ClN4O5+. The zero-order chi connectivity index (χ0) is 25.7. The Hall–Kier alpha value is -3.27. The van der Waals surface area contributed by atoms with E-state index in [2.05, 4.69) is 10.4 Å². The Balaban J connectivity index is 1.58. The highest BCUT2D eigenvalue weighted by Crippen LogP contribution is 2.27. The van der Waals surface area contributed by atoms with Gasteiger partial charge < -0.3 is 15.5 Å². The third-order valence-electron chi connectivity index (χ3n) is 6.61. The first-order valence-electron chi connectivity index (χ1n) is 12.1. The van der Waals surface area contributed by atoms with Crippen LogP contribution in [0.15, 0.2) is 64.3 Å². The highest BCUT2D eigenvalue weighted by molar-refractivity contribution is 6.33. The summed E-state index contributed by atoms with van der Waals surface area (Å²) in [7, 11) is 0. The van der Waals surface area contributed by atoms with Crippen molar-refractivity contribution in [2.75, 3.05) is 6.54 Å². The lowest BCUT2D eigenvalue weighted by Gasteiger charge is -2.26. The fraction of sp³-hybridized carbons (Fsp3) is 0.385. The monoisotopic (exact) mass is 513 g/mol. The number of nitrogens with one attached hydrogen (secondary N) is 2. The Bertz CT molecular complexity index is 1330. The lowest BCUT2D eigenvalue weighted by molar-refractivity contribution is -0.486. The number of hydrogen-bond acceptors (Lipinski definition) is 5. The standard InChI is InChI=1S/C26H29ClN4O5/c27-21-11-10-19(14-20(21)24(34)28-17-26(36)12-6-1-2-7-13-26)31-25(35)30(23(33)15-29-31)16-22(32)18-8-4-3-5-9-18/h3-5,8-11,14-15,22,32,36H,1-2,6-7,12-13,16-17H2,(H,28,34)/p+1/t22-/m1/s1. The molecule has 4 N–H and O–H groups in total. The van der Waals surface area contributed by atoms with Crippen LogP contribution >= 0.6 is 11.6 Å². The van der Waals surface area contributed by atoms with Gasteiger partial charge in [-0.05, 0) is 36.6 Å². The summed E-state index contributed by atoms with van der Waals surface area (Å²) in [6.45, 7) is -0.128. The number of aliphatic hydroxyl groups excluding tert-OH is 1. The van der Waals surface area contributed by atoms with Gasteiger partial charge in [0.1, 0.15) is 5.69 Å². The molecule has 1 fully saturated rings. The fourth-order valence-corrected chi connectivity index (χ4v) is 4.71. The number of carbonyl (C=O) groups is 1. The van der Waals surface area contributed by atoms with Gasteiger partial charge in [0.15, 0.2) is 0 Å². The van der Waals surface area contributed by atoms with Gasteiger partial charge in [0.05, 0.1) is 28.8 Å². The van der Waals surface area contributed by atoms with Crippen molar-refractivity contribution in [3.8, 4) is 5.69 Å². The van der Waals surface area contributed by atoms with Crippen LogP contribution in [0.4, 0.5) is 0 Å². The summed E-state index contributed by atoms with van der Waals surface area (Å²) >= 11 is 6.28. The number of nitrogens with zero attached hydrogens (tertiary/aromatic N) is 2. The van der Waals surface area contributed by atoms with Crippen LogP contribution in [0, 0.1) is 0 Å². The minimum absolute atomic E-state index is 0.112. The van der Waals surface area contributed by atoms with E-state index in [0.29, 0.717) is 18.4 Å². The second kappa shape index (κ2) is 11.2. The molecule has 1 atom stereocenters. The summed E-state index contributed by atoms with van der Waals surface area (Å²) in [6.07, 6.45) is 5.26. The van der Waals surface area contributed by atoms with Crippen LogP contribution in [0.1, 0.15) is 60.6 Å². The van der Waals surface area contributed by atoms with E-state index in [4.69, 9.17) is 11.6 Å². The van der Waals surface area contributed by atoms with Crippen LogP contribution in [0.25, 0.3) is 5.69 Å². The first-order valence-corrected chi connectivity index (χ1v) is 12.4. The van der Waals surface area contributed by atoms with Crippen LogP contribution in [0.5, 0.6) is 0 Å². The van der Waals surface area contributed by atoms with Crippen molar-refractivity contribution in [1.29, 1.82) is 0 Å². The van der Waals surface area contributed by atoms with E-state index < -0.39 is 28.9 Å². The van der Waals surface area contributed by atoms with Crippen LogP contribution in [0.3, 0.4) is 0 Å². The Kier molecular flexibility index (Phi) is 8.03. The molecule has 4 rings (SSSR count). The molecule has 1 amide bonds. The zero-order valence-electron chi connectivity index (χ0n) is 19.8. The predicted molar refractivity (Wildman–Crippen MR) is 134 cm³/mol. The number of amides is 1. The molecule has 1 aliphatic rings. The third kappa shape index (κ3) is 5.92. The van der Waals surface area contributed by atoms with E-state index in [1.807, 2.05) is 0 Å². The SMILES string of the molecule is O=C(NCC1(O)CCCCCC1)c1cc(-n2[nH+]cc(=O)n(C[C@@H](O)c3ccccc3)c2=O)ccc1Cl. The summed E-state index contributed by atoms with van der Waals surface area (Å²) < 4.78 is 2.02. The predicted octanol–water partition coefficient (Wildman–Crippen LogP) is 2.02. The second-order valence-electron chi connectivity index (χ2n) is 9.25. The van der Waals surface area contributed by atoms with Gasteiger partial charge in [-0.3, -0.25) is 9.59 Å². The first-order chi connectivity index (χ1) is 17.3. The largest absolute Gasteiger partial charge is 0.388 e. The average Bonchev–Trinajstić information content (AvgIpc) is 3.11. The highest BCUT2D eigenvalue weighted by atomic mass is 35.5. The Labute approximate surface area is 213 Å². The molecule has 3 aromatic rings. The van der Waals surface area contributed by atoms with Crippen LogP contribution in [-0.4, -0.2) is 37.5 Å². The van der Waals surface area contributed by atoms with E-state index in [1.165, 1.54) is 18.2 Å². The van der Waals surface area contributed by atoms with Gasteiger partial charge in [-0.1, -0.05) is 72.3 Å². The topological polar surface area (TPSA) is 128 Å². The van der Waals surface area contributed by atoms with E-state index in [0.717, 1.165) is 41.1 Å². The number of aliphatic hydroxyl groups is 2. The third-order valence-corrected chi connectivity index (χ3v) is 6.94. The molecule has 10 heteroatoms. The summed E-state index contributed by atoms with van der Waals surface area (Å²) in [5.74, 6) is -0.472. The van der Waals surface area contributed by atoms with Gasteiger partial charge in [-0.15, -0.1) is 5.10 Å². The molecule has 1 aromatic heterocycles. The van der Waals surface area contributed by atoms with Gasteiger partial charge in [0.25, 0.3) is 12.1 Å². The molecule has 0 bridgehead atoms. The summed E-state index contributed by atoms with van der Waals surface area (Å²) in [5.41, 5.74) is -1.27. The van der Waals surface area contributed by atoms with Crippen molar-refractivity contribution in [2.45, 2.75) is 56.8 Å².